The second-order valence-corrected chi connectivity index (χ2v) is 5.88. The van der Waals surface area contributed by atoms with Gasteiger partial charge in [-0.15, -0.1) is 0 Å². The van der Waals surface area contributed by atoms with Crippen molar-refractivity contribution < 1.29 is 14.3 Å². The van der Waals surface area contributed by atoms with Gasteiger partial charge in [-0.1, -0.05) is 19.1 Å². The fraction of sp³-hybridized carbons (Fsp3) is 0.600. The van der Waals surface area contributed by atoms with E-state index in [9.17, 15) is 9.59 Å². The summed E-state index contributed by atoms with van der Waals surface area (Å²) in [5.41, 5.74) is 2.76. The number of fused-ring (bicyclic) bond motifs is 2. The Morgan fingerprint density at radius 1 is 1.22 bits per heavy atom. The molecular formula is C15H18O3. The molecule has 2 aliphatic carbocycles. The van der Waals surface area contributed by atoms with E-state index in [4.69, 9.17) is 4.74 Å². The van der Waals surface area contributed by atoms with Crippen molar-refractivity contribution in [1.82, 2.24) is 0 Å². The molecule has 1 aliphatic heterocycles. The van der Waals surface area contributed by atoms with E-state index in [1.807, 2.05) is 6.92 Å². The van der Waals surface area contributed by atoms with E-state index >= 15 is 0 Å². The van der Waals surface area contributed by atoms with Gasteiger partial charge in [-0.25, -0.2) is 4.79 Å². The number of esters is 1. The molecular weight excluding hydrogens is 228 g/mol. The molecule has 0 radical (unpaired) electrons. The molecule has 0 bridgehead atoms. The molecule has 0 unspecified atom stereocenters. The van der Waals surface area contributed by atoms with Crippen LogP contribution in [0.2, 0.25) is 0 Å². The minimum atomic E-state index is -0.252. The van der Waals surface area contributed by atoms with Crippen LogP contribution in [0, 0.1) is 17.8 Å². The summed E-state index contributed by atoms with van der Waals surface area (Å²) in [5, 5.41) is 0. The third-order valence-corrected chi connectivity index (χ3v) is 4.90. The maximum atomic E-state index is 11.9. The van der Waals surface area contributed by atoms with Gasteiger partial charge in [-0.05, 0) is 37.2 Å². The molecule has 1 saturated carbocycles. The Labute approximate surface area is 107 Å². The van der Waals surface area contributed by atoms with E-state index in [1.165, 1.54) is 5.57 Å². The molecule has 1 saturated heterocycles. The Morgan fingerprint density at radius 3 is 2.67 bits per heavy atom. The normalized spacial score (nSPS) is 39.6. The van der Waals surface area contributed by atoms with Crippen LogP contribution >= 0.6 is 0 Å². The molecule has 4 atom stereocenters. The van der Waals surface area contributed by atoms with Crippen LogP contribution < -0.4 is 0 Å². The molecule has 0 aromatic rings. The quantitative estimate of drug-likeness (QED) is 0.487. The van der Waals surface area contributed by atoms with Gasteiger partial charge >= 0.3 is 5.97 Å². The first-order valence-electron chi connectivity index (χ1n) is 6.61. The molecule has 0 spiro atoms. The Balaban J connectivity index is 1.99. The van der Waals surface area contributed by atoms with E-state index in [2.05, 4.69) is 13.5 Å². The first-order valence-corrected chi connectivity index (χ1v) is 6.61. The number of hydrogen-bond acceptors (Lipinski definition) is 3. The van der Waals surface area contributed by atoms with E-state index in [1.54, 1.807) is 0 Å². The number of ether oxygens (including phenoxy) is 1. The van der Waals surface area contributed by atoms with Crippen LogP contribution in [0.1, 0.15) is 33.1 Å². The lowest BCUT2D eigenvalue weighted by atomic mass is 9.86. The van der Waals surface area contributed by atoms with Gasteiger partial charge in [-0.3, -0.25) is 4.79 Å². The van der Waals surface area contributed by atoms with Gasteiger partial charge in [0.2, 0.25) is 0 Å². The Hall–Kier alpha value is -1.38. The topological polar surface area (TPSA) is 43.4 Å². The maximum absolute atomic E-state index is 11.9. The molecule has 3 heteroatoms. The van der Waals surface area contributed by atoms with Crippen molar-refractivity contribution in [2.45, 2.75) is 39.2 Å². The van der Waals surface area contributed by atoms with Crippen molar-refractivity contribution in [2.75, 3.05) is 0 Å². The summed E-state index contributed by atoms with van der Waals surface area (Å²) in [7, 11) is 0. The smallest absolute Gasteiger partial charge is 0.334 e. The van der Waals surface area contributed by atoms with Crippen molar-refractivity contribution in [3.63, 3.8) is 0 Å². The van der Waals surface area contributed by atoms with Gasteiger partial charge in [0.25, 0.3) is 0 Å². The molecule has 0 N–H and O–H groups in total. The van der Waals surface area contributed by atoms with Crippen LogP contribution in [0.15, 0.2) is 23.3 Å². The molecule has 0 aromatic heterocycles. The molecule has 0 amide bonds. The SMILES string of the molecule is C=C1C(=O)O[C@H]2C[C@@H](C)[C@H]3CC(=O)C(C)=C3C[C@@H]12. The molecule has 0 aromatic carbocycles. The minimum Gasteiger partial charge on any atom is -0.458 e. The second kappa shape index (κ2) is 3.81. The lowest BCUT2D eigenvalue weighted by Gasteiger charge is -2.19. The Morgan fingerprint density at radius 2 is 1.94 bits per heavy atom. The molecule has 2 fully saturated rings. The molecule has 1 heterocycles. The third-order valence-electron chi connectivity index (χ3n) is 4.90. The summed E-state index contributed by atoms with van der Waals surface area (Å²) in [5.74, 6) is 0.861. The summed E-state index contributed by atoms with van der Waals surface area (Å²) in [4.78, 5) is 23.5. The van der Waals surface area contributed by atoms with Crippen LogP contribution in [0.3, 0.4) is 0 Å². The van der Waals surface area contributed by atoms with Crippen molar-refractivity contribution in [3.05, 3.63) is 23.3 Å². The van der Waals surface area contributed by atoms with Gasteiger partial charge in [0, 0.05) is 17.9 Å². The third kappa shape index (κ3) is 1.49. The lowest BCUT2D eigenvalue weighted by molar-refractivity contribution is -0.139. The van der Waals surface area contributed by atoms with Gasteiger partial charge in [0.15, 0.2) is 5.78 Å². The van der Waals surface area contributed by atoms with Crippen molar-refractivity contribution in [1.29, 1.82) is 0 Å². The van der Waals surface area contributed by atoms with Crippen molar-refractivity contribution in [2.24, 2.45) is 17.8 Å². The highest BCUT2D eigenvalue weighted by atomic mass is 16.6. The number of ketones is 1. The largest absolute Gasteiger partial charge is 0.458 e. The van der Waals surface area contributed by atoms with Crippen LogP contribution in [0.5, 0.6) is 0 Å². The zero-order chi connectivity index (χ0) is 13.0. The van der Waals surface area contributed by atoms with Gasteiger partial charge < -0.3 is 4.74 Å². The lowest BCUT2D eigenvalue weighted by Crippen LogP contribution is -2.18. The van der Waals surface area contributed by atoms with Crippen LogP contribution in [-0.4, -0.2) is 17.9 Å². The molecule has 3 rings (SSSR count). The molecule has 3 aliphatic rings. The van der Waals surface area contributed by atoms with E-state index in [0.717, 1.165) is 18.4 Å². The van der Waals surface area contributed by atoms with E-state index in [-0.39, 0.29) is 23.8 Å². The number of allylic oxidation sites excluding steroid dienone is 2. The number of hydrogen-bond donors (Lipinski definition) is 0. The highest BCUT2D eigenvalue weighted by molar-refractivity contribution is 5.99. The zero-order valence-electron chi connectivity index (χ0n) is 10.9. The fourth-order valence-electron chi connectivity index (χ4n) is 3.69. The van der Waals surface area contributed by atoms with Gasteiger partial charge in [-0.2, -0.15) is 0 Å². The monoisotopic (exact) mass is 246 g/mol. The average Bonchev–Trinajstić information content (AvgIpc) is 2.68. The molecule has 3 nitrogen and oxygen atoms in total. The standard InChI is InChI=1S/C15H18O3/c1-7-4-14-12(9(3)15(17)18-14)5-11-8(2)13(16)6-10(7)11/h7,10,12,14H,3-6H2,1-2H3/t7-,10-,12+,14+/m1/s1. The van der Waals surface area contributed by atoms with Crippen LogP contribution in [0.4, 0.5) is 0 Å². The first kappa shape index (κ1) is 11.7. The highest BCUT2D eigenvalue weighted by Crippen LogP contribution is 2.48. The fourth-order valence-corrected chi connectivity index (χ4v) is 3.69. The zero-order valence-corrected chi connectivity index (χ0v) is 10.9. The van der Waals surface area contributed by atoms with Gasteiger partial charge in [0.1, 0.15) is 6.10 Å². The number of rotatable bonds is 0. The number of carbonyl (C=O) groups excluding carboxylic acids is 2. The first-order chi connectivity index (χ1) is 8.49. The minimum absolute atomic E-state index is 0.0268. The predicted octanol–water partition coefficient (Wildman–Crippen LogP) is 2.42. The second-order valence-electron chi connectivity index (χ2n) is 5.88. The summed E-state index contributed by atoms with van der Waals surface area (Å²) in [6, 6.07) is 0. The highest BCUT2D eigenvalue weighted by Gasteiger charge is 2.46. The van der Waals surface area contributed by atoms with E-state index < -0.39 is 0 Å². The van der Waals surface area contributed by atoms with Crippen molar-refractivity contribution >= 4 is 11.8 Å². The van der Waals surface area contributed by atoms with Crippen LogP contribution in [0.25, 0.3) is 0 Å². The van der Waals surface area contributed by atoms with E-state index in [0.29, 0.717) is 23.8 Å². The molecule has 18 heavy (non-hydrogen) atoms. The average molecular weight is 246 g/mol. The van der Waals surface area contributed by atoms with Crippen molar-refractivity contribution in [3.8, 4) is 0 Å². The summed E-state index contributed by atoms with van der Waals surface area (Å²) in [6.07, 6.45) is 2.25. The Kier molecular flexibility index (Phi) is 2.47. The maximum Gasteiger partial charge on any atom is 0.334 e. The van der Waals surface area contributed by atoms with Gasteiger partial charge in [0.05, 0.1) is 0 Å². The summed E-state index contributed by atoms with van der Waals surface area (Å²) in [6.45, 7) is 7.94. The van der Waals surface area contributed by atoms with Crippen LogP contribution in [-0.2, 0) is 14.3 Å². The summed E-state index contributed by atoms with van der Waals surface area (Å²) >= 11 is 0. The molecule has 96 valence electrons. The number of Topliss-reactive ketones (excluding diaryl/α,β-unsaturated/α-hetero) is 1. The summed E-state index contributed by atoms with van der Waals surface area (Å²) < 4.78 is 5.41. The number of carbonyl (C=O) groups is 2. The predicted molar refractivity (Wildman–Crippen MR) is 66.7 cm³/mol. The Bertz CT molecular complexity index is 486.